The van der Waals surface area contributed by atoms with Crippen LogP contribution >= 0.6 is 12.6 Å². The van der Waals surface area contributed by atoms with Crippen LogP contribution in [0.15, 0.2) is 18.2 Å². The smallest absolute Gasteiger partial charge is 0.252 e. The molecule has 39 heavy (non-hydrogen) atoms. The zero-order valence-electron chi connectivity index (χ0n) is 21.6. The molecule has 1 unspecified atom stereocenters. The maximum atomic E-state index is 13.0. The van der Waals surface area contributed by atoms with E-state index in [1.54, 1.807) is 0 Å². The van der Waals surface area contributed by atoms with Crippen molar-refractivity contribution in [3.05, 3.63) is 23.8 Å². The number of thiol groups is 1. The maximum Gasteiger partial charge on any atom is 0.252 e. The van der Waals surface area contributed by atoms with E-state index >= 15 is 0 Å². The molecule has 14 nitrogen and oxygen atoms in total. The Labute approximate surface area is 231 Å². The van der Waals surface area contributed by atoms with Gasteiger partial charge in [0.15, 0.2) is 11.5 Å². The van der Waals surface area contributed by atoms with Crippen molar-refractivity contribution in [2.45, 2.75) is 50.2 Å². The molecule has 0 aromatic heterocycles. The van der Waals surface area contributed by atoms with Gasteiger partial charge >= 0.3 is 0 Å². The summed E-state index contributed by atoms with van der Waals surface area (Å²) in [7, 11) is 0. The Hall–Kier alpha value is -3.56. The number of benzene rings is 1. The zero-order valence-corrected chi connectivity index (χ0v) is 22.5. The number of rotatable bonds is 17. The molecule has 5 amide bonds. The molecule has 0 radical (unpaired) electrons. The minimum atomic E-state index is -1.38. The van der Waals surface area contributed by atoms with E-state index in [0.717, 1.165) is 0 Å². The largest absolute Gasteiger partial charge is 0.454 e. The van der Waals surface area contributed by atoms with Crippen molar-refractivity contribution in [3.63, 3.8) is 0 Å². The van der Waals surface area contributed by atoms with Crippen LogP contribution in [0.4, 0.5) is 0 Å². The number of hydrogen-bond donors (Lipinski definition) is 8. The van der Waals surface area contributed by atoms with E-state index in [1.807, 2.05) is 0 Å². The maximum absolute atomic E-state index is 13.0. The molecule has 0 saturated carbocycles. The van der Waals surface area contributed by atoms with Crippen LogP contribution in [0, 0.1) is 0 Å². The molecule has 0 aliphatic carbocycles. The summed E-state index contributed by atoms with van der Waals surface area (Å²) in [5.41, 5.74) is 16.4. The van der Waals surface area contributed by atoms with E-state index in [0.29, 0.717) is 56.8 Å². The molecule has 15 heteroatoms. The minimum absolute atomic E-state index is 0.0174. The lowest BCUT2D eigenvalue weighted by molar-refractivity contribution is -0.132. The van der Waals surface area contributed by atoms with Crippen LogP contribution in [0.3, 0.4) is 0 Å². The second-order valence-corrected chi connectivity index (χ2v) is 9.15. The van der Waals surface area contributed by atoms with E-state index in [1.165, 1.54) is 18.2 Å². The monoisotopic (exact) mass is 567 g/mol. The Balaban J connectivity index is 2.07. The normalized spacial score (nSPS) is 14.0. The Morgan fingerprint density at radius 1 is 0.846 bits per heavy atom. The molecule has 0 saturated heterocycles. The molecule has 2 rings (SSSR count). The van der Waals surface area contributed by atoms with E-state index in [2.05, 4.69) is 33.9 Å². The Morgan fingerprint density at radius 2 is 1.51 bits per heavy atom. The summed E-state index contributed by atoms with van der Waals surface area (Å²) in [6.45, 7) is 1.20. The number of fused-ring (bicyclic) bond motifs is 1. The highest BCUT2D eigenvalue weighted by Crippen LogP contribution is 2.32. The first-order valence-corrected chi connectivity index (χ1v) is 13.2. The summed E-state index contributed by atoms with van der Waals surface area (Å²) in [6.07, 6.45) is 1.64. The topological polar surface area (TPSA) is 230 Å². The fourth-order valence-corrected chi connectivity index (χ4v) is 3.88. The quantitative estimate of drug-likeness (QED) is 0.0759. The molecular weight excluding hydrogens is 530 g/mol. The van der Waals surface area contributed by atoms with Gasteiger partial charge in [-0.3, -0.25) is 24.0 Å². The molecule has 3 atom stereocenters. The molecule has 1 aliphatic rings. The molecule has 1 aliphatic heterocycles. The third-order valence-electron chi connectivity index (χ3n) is 5.74. The summed E-state index contributed by atoms with van der Waals surface area (Å²) >= 11 is 4.15. The van der Waals surface area contributed by atoms with Gasteiger partial charge in [-0.25, -0.2) is 0 Å². The van der Waals surface area contributed by atoms with Crippen LogP contribution in [0.2, 0.25) is 0 Å². The summed E-state index contributed by atoms with van der Waals surface area (Å²) in [5, 5.41) is 10.3. The van der Waals surface area contributed by atoms with Crippen LogP contribution in [-0.2, 0) is 19.2 Å². The number of amides is 5. The number of unbranched alkanes of at least 4 members (excludes halogenated alkanes) is 1. The van der Waals surface area contributed by atoms with E-state index in [9.17, 15) is 24.0 Å². The molecule has 0 bridgehead atoms. The van der Waals surface area contributed by atoms with Crippen molar-refractivity contribution in [2.75, 3.05) is 32.2 Å². The molecule has 1 heterocycles. The van der Waals surface area contributed by atoms with Crippen LogP contribution in [0.5, 0.6) is 11.5 Å². The van der Waals surface area contributed by atoms with E-state index in [4.69, 9.17) is 26.7 Å². The highest BCUT2D eigenvalue weighted by molar-refractivity contribution is 7.80. The Kier molecular flexibility index (Phi) is 13.3. The molecule has 1 aromatic rings. The van der Waals surface area contributed by atoms with Gasteiger partial charge in [0, 0.05) is 17.9 Å². The van der Waals surface area contributed by atoms with E-state index in [-0.39, 0.29) is 24.0 Å². The minimum Gasteiger partial charge on any atom is -0.454 e. The van der Waals surface area contributed by atoms with Crippen LogP contribution < -0.4 is 47.9 Å². The van der Waals surface area contributed by atoms with Crippen molar-refractivity contribution in [2.24, 2.45) is 17.2 Å². The molecule has 216 valence electrons. The SMILES string of the molecule is NCCCC[C@H](NC(=O)C(CS)NC(=O)[C@H](CC(N)=O)NC(=O)c1ccc2c(c1)OCO2)C(=O)NCCCN. The molecule has 1 aromatic carbocycles. The Morgan fingerprint density at radius 3 is 2.18 bits per heavy atom. The van der Waals surface area contributed by atoms with Gasteiger partial charge < -0.3 is 47.9 Å². The lowest BCUT2D eigenvalue weighted by Crippen LogP contribution is -2.57. The zero-order chi connectivity index (χ0) is 28.8. The van der Waals surface area contributed by atoms with Crippen LogP contribution in [0.25, 0.3) is 0 Å². The first-order valence-electron chi connectivity index (χ1n) is 12.6. The van der Waals surface area contributed by atoms with Crippen molar-refractivity contribution >= 4 is 42.2 Å². The fourth-order valence-electron chi connectivity index (χ4n) is 3.63. The lowest BCUT2D eigenvalue weighted by Gasteiger charge is -2.24. The number of nitrogens with one attached hydrogen (secondary N) is 4. The summed E-state index contributed by atoms with van der Waals surface area (Å²) in [6, 6.07) is 1.02. The van der Waals surface area contributed by atoms with Gasteiger partial charge in [-0.2, -0.15) is 12.6 Å². The van der Waals surface area contributed by atoms with Gasteiger partial charge in [-0.05, 0) is 57.0 Å². The van der Waals surface area contributed by atoms with Gasteiger partial charge in [0.25, 0.3) is 5.91 Å². The first kappa shape index (κ1) is 31.7. The third-order valence-corrected chi connectivity index (χ3v) is 6.10. The van der Waals surface area contributed by atoms with E-state index < -0.39 is 48.2 Å². The standard InChI is InChI=1S/C24H37N7O7S/c25-7-2-1-4-15(22(34)28-9-3-8-26)29-24(36)17(12-39)31-23(35)16(11-20(27)32)30-21(33)14-5-6-18-19(10-14)38-13-37-18/h5-6,10,15-17,39H,1-4,7-9,11-13,25-26H2,(H2,27,32)(H,28,34)(H,29,36)(H,30,33)(H,31,35)/t15-,16-,17?/m0/s1. The number of carbonyl (C=O) groups is 5. The number of ether oxygens (including phenoxy) is 2. The van der Waals surface area contributed by atoms with Crippen LogP contribution in [-0.4, -0.2) is 79.8 Å². The molecule has 0 fully saturated rings. The molecule has 10 N–H and O–H groups in total. The summed E-state index contributed by atoms with van der Waals surface area (Å²) < 4.78 is 10.5. The van der Waals surface area contributed by atoms with Crippen molar-refractivity contribution in [1.29, 1.82) is 0 Å². The Bertz CT molecular complexity index is 1030. The number of nitrogens with two attached hydrogens (primary N) is 3. The fraction of sp³-hybridized carbons (Fsp3) is 0.542. The highest BCUT2D eigenvalue weighted by atomic mass is 32.1. The van der Waals surface area contributed by atoms with Crippen LogP contribution in [0.1, 0.15) is 42.5 Å². The second-order valence-electron chi connectivity index (χ2n) is 8.79. The van der Waals surface area contributed by atoms with Gasteiger partial charge in [-0.15, -0.1) is 0 Å². The first-order chi connectivity index (χ1) is 18.7. The van der Waals surface area contributed by atoms with Gasteiger partial charge in [-0.1, -0.05) is 0 Å². The average Bonchev–Trinajstić information content (AvgIpc) is 3.38. The average molecular weight is 568 g/mol. The van der Waals surface area contributed by atoms with Crippen molar-refractivity contribution in [1.82, 2.24) is 21.3 Å². The van der Waals surface area contributed by atoms with Gasteiger partial charge in [0.2, 0.25) is 30.4 Å². The predicted molar refractivity (Wildman–Crippen MR) is 145 cm³/mol. The number of primary amides is 1. The third kappa shape index (κ3) is 10.3. The van der Waals surface area contributed by atoms with Gasteiger partial charge in [0.1, 0.15) is 18.1 Å². The second kappa shape index (κ2) is 16.4. The predicted octanol–water partition coefficient (Wildman–Crippen LogP) is -2.12. The number of hydrogen-bond acceptors (Lipinski definition) is 10. The number of carbonyl (C=O) groups excluding carboxylic acids is 5. The summed E-state index contributed by atoms with van der Waals surface area (Å²) in [4.78, 5) is 63.0. The van der Waals surface area contributed by atoms with Crippen molar-refractivity contribution < 1.29 is 33.4 Å². The highest BCUT2D eigenvalue weighted by Gasteiger charge is 2.30. The summed E-state index contributed by atoms with van der Waals surface area (Å²) in [5.74, 6) is -2.69. The van der Waals surface area contributed by atoms with Crippen molar-refractivity contribution in [3.8, 4) is 11.5 Å². The van der Waals surface area contributed by atoms with Gasteiger partial charge in [0.05, 0.1) is 6.42 Å². The molecular formula is C24H37N7O7S. The lowest BCUT2D eigenvalue weighted by atomic mass is 10.1. The molecule has 0 spiro atoms.